The number of rotatable bonds is 11. The molecule has 0 fully saturated rings. The Morgan fingerprint density at radius 2 is 2.33 bits per heavy atom. The van der Waals surface area contributed by atoms with Crippen molar-refractivity contribution in [2.75, 3.05) is 13.7 Å². The number of ether oxygens (including phenoxy) is 2. The first kappa shape index (κ1) is 19.2. The maximum absolute atomic E-state index is 10.4. The fourth-order valence-corrected chi connectivity index (χ4v) is 1.68. The number of carbonyl (C=O) groups excluding carboxylic acids is 1. The van der Waals surface area contributed by atoms with E-state index in [0.29, 0.717) is 18.1 Å². The van der Waals surface area contributed by atoms with Crippen LogP contribution in [0.1, 0.15) is 25.1 Å². The Hall–Kier alpha value is -2.89. The third-order valence-electron chi connectivity index (χ3n) is 2.96. The van der Waals surface area contributed by atoms with Gasteiger partial charge in [0, 0.05) is 6.21 Å². The zero-order chi connectivity index (χ0) is 17.6. The van der Waals surface area contributed by atoms with E-state index in [4.69, 9.17) is 9.47 Å². The van der Waals surface area contributed by atoms with E-state index in [0.717, 1.165) is 12.0 Å². The maximum atomic E-state index is 10.4. The Morgan fingerprint density at radius 3 is 2.96 bits per heavy atom. The molecule has 6 nitrogen and oxygen atoms in total. The van der Waals surface area contributed by atoms with Gasteiger partial charge in [-0.05, 0) is 37.3 Å². The van der Waals surface area contributed by atoms with E-state index in [1.807, 2.05) is 25.1 Å². The van der Waals surface area contributed by atoms with Crippen molar-refractivity contribution in [1.29, 1.82) is 0 Å². The summed E-state index contributed by atoms with van der Waals surface area (Å²) in [6.07, 6.45) is 11.2. The summed E-state index contributed by atoms with van der Waals surface area (Å²) in [6.45, 7) is 5.91. The van der Waals surface area contributed by atoms with Crippen molar-refractivity contribution >= 4 is 12.5 Å². The number of aldehydes is 1. The van der Waals surface area contributed by atoms with Crippen molar-refractivity contribution in [3.63, 3.8) is 0 Å². The van der Waals surface area contributed by atoms with Gasteiger partial charge in [-0.25, -0.2) is 0 Å². The van der Waals surface area contributed by atoms with Gasteiger partial charge in [0.1, 0.15) is 24.4 Å². The summed E-state index contributed by atoms with van der Waals surface area (Å²) in [5.41, 5.74) is 3.81. The van der Waals surface area contributed by atoms with Crippen LogP contribution in [0.4, 0.5) is 0 Å². The van der Waals surface area contributed by atoms with Crippen LogP contribution in [-0.2, 0) is 9.53 Å². The van der Waals surface area contributed by atoms with Gasteiger partial charge < -0.3 is 19.7 Å². The average molecular weight is 329 g/mol. The summed E-state index contributed by atoms with van der Waals surface area (Å²) < 4.78 is 10.6. The van der Waals surface area contributed by atoms with Crippen LogP contribution >= 0.6 is 0 Å². The molecule has 0 spiro atoms. The molecule has 1 heterocycles. The topological polar surface area (TPSA) is 72.8 Å². The molecule has 0 saturated heterocycles. The summed E-state index contributed by atoms with van der Waals surface area (Å²) in [5.74, 6) is 1.28. The molecule has 0 aliphatic heterocycles. The molecule has 24 heavy (non-hydrogen) atoms. The van der Waals surface area contributed by atoms with Crippen molar-refractivity contribution in [3.05, 3.63) is 60.7 Å². The second-order valence-corrected chi connectivity index (χ2v) is 4.73. The van der Waals surface area contributed by atoms with Crippen molar-refractivity contribution in [1.82, 2.24) is 10.4 Å². The monoisotopic (exact) mass is 329 g/mol. The molecule has 1 N–H and O–H groups in total. The van der Waals surface area contributed by atoms with Crippen molar-refractivity contribution < 1.29 is 14.3 Å². The lowest BCUT2D eigenvalue weighted by molar-refractivity contribution is -0.107. The number of hydrazone groups is 1. The zero-order valence-corrected chi connectivity index (χ0v) is 14.0. The third-order valence-corrected chi connectivity index (χ3v) is 2.96. The fourth-order valence-electron chi connectivity index (χ4n) is 1.68. The zero-order valence-electron chi connectivity index (χ0n) is 14.0. The van der Waals surface area contributed by atoms with Gasteiger partial charge in [0.2, 0.25) is 0 Å². The number of carbonyl (C=O) groups is 1. The summed E-state index contributed by atoms with van der Waals surface area (Å²) in [7, 11) is 1.53. The highest BCUT2D eigenvalue weighted by Gasteiger charge is 2.04. The Bertz CT molecular complexity index is 592. The minimum atomic E-state index is -0.00873. The highest BCUT2D eigenvalue weighted by molar-refractivity contribution is 5.69. The van der Waals surface area contributed by atoms with Crippen LogP contribution in [0.3, 0.4) is 0 Å². The van der Waals surface area contributed by atoms with Crippen molar-refractivity contribution in [3.8, 4) is 5.75 Å². The second kappa shape index (κ2) is 11.6. The molecule has 1 atom stereocenters. The summed E-state index contributed by atoms with van der Waals surface area (Å²) in [5, 5.41) is 3.98. The normalized spacial score (nSPS) is 13.0. The van der Waals surface area contributed by atoms with Crippen molar-refractivity contribution in [2.45, 2.75) is 19.4 Å². The van der Waals surface area contributed by atoms with Crippen LogP contribution in [0.2, 0.25) is 0 Å². The van der Waals surface area contributed by atoms with E-state index < -0.39 is 0 Å². The Balaban J connectivity index is 2.45. The van der Waals surface area contributed by atoms with Crippen LogP contribution in [0.25, 0.3) is 0 Å². The molecule has 0 saturated carbocycles. The predicted octanol–water partition coefficient (Wildman–Crippen LogP) is 2.96. The number of methoxy groups -OCH3 is 1. The van der Waals surface area contributed by atoms with Gasteiger partial charge >= 0.3 is 0 Å². The molecule has 1 rings (SSSR count). The first-order valence-corrected chi connectivity index (χ1v) is 7.53. The second-order valence-electron chi connectivity index (χ2n) is 4.73. The Kier molecular flexibility index (Phi) is 9.30. The molecule has 1 aromatic heterocycles. The molecule has 1 aromatic rings. The van der Waals surface area contributed by atoms with Crippen LogP contribution < -0.4 is 10.2 Å². The van der Waals surface area contributed by atoms with Gasteiger partial charge in [-0.1, -0.05) is 12.7 Å². The van der Waals surface area contributed by atoms with Crippen LogP contribution in [0.5, 0.6) is 5.75 Å². The molecule has 6 heteroatoms. The minimum absolute atomic E-state index is 0.00873. The molecule has 0 radical (unpaired) electrons. The molecule has 128 valence electrons. The summed E-state index contributed by atoms with van der Waals surface area (Å²) >= 11 is 0. The molecular weight excluding hydrogens is 306 g/mol. The van der Waals surface area contributed by atoms with Gasteiger partial charge in [-0.3, -0.25) is 4.98 Å². The molecule has 0 bridgehead atoms. The molecule has 0 amide bonds. The number of nitrogens with one attached hydrogen (secondary N) is 1. The third kappa shape index (κ3) is 7.40. The SMILES string of the molecule is C=C/C=N\NC(C)c1ccc(OC/C=C/C=C(\CC=O)OC)cn1. The highest BCUT2D eigenvalue weighted by atomic mass is 16.5. The maximum Gasteiger partial charge on any atom is 0.138 e. The highest BCUT2D eigenvalue weighted by Crippen LogP contribution is 2.14. The van der Waals surface area contributed by atoms with E-state index in [1.54, 1.807) is 30.6 Å². The minimum Gasteiger partial charge on any atom is -0.501 e. The summed E-state index contributed by atoms with van der Waals surface area (Å²) in [4.78, 5) is 14.7. The molecule has 0 aliphatic rings. The van der Waals surface area contributed by atoms with Gasteiger partial charge in [0.25, 0.3) is 0 Å². The van der Waals surface area contributed by atoms with E-state index in [2.05, 4.69) is 22.1 Å². The number of hydrogen-bond acceptors (Lipinski definition) is 6. The quantitative estimate of drug-likeness (QED) is 0.222. The number of allylic oxidation sites excluding steroid dienone is 4. The van der Waals surface area contributed by atoms with Crippen molar-refractivity contribution in [2.24, 2.45) is 5.10 Å². The Labute approximate surface area is 142 Å². The lowest BCUT2D eigenvalue weighted by atomic mass is 10.2. The van der Waals surface area contributed by atoms with Gasteiger partial charge in [-0.2, -0.15) is 5.10 Å². The molecular formula is C18H23N3O3. The largest absolute Gasteiger partial charge is 0.501 e. The van der Waals surface area contributed by atoms with Gasteiger partial charge in [0.05, 0.1) is 31.5 Å². The number of hydrogen-bond donors (Lipinski definition) is 1. The number of nitrogens with zero attached hydrogens (tertiary/aromatic N) is 2. The van der Waals surface area contributed by atoms with E-state index in [1.165, 1.54) is 7.11 Å². The average Bonchev–Trinajstić information content (AvgIpc) is 2.61. The smallest absolute Gasteiger partial charge is 0.138 e. The Morgan fingerprint density at radius 1 is 1.50 bits per heavy atom. The fraction of sp³-hybridized carbons (Fsp3) is 0.278. The molecule has 0 aromatic carbocycles. The predicted molar refractivity (Wildman–Crippen MR) is 94.9 cm³/mol. The lowest BCUT2D eigenvalue weighted by Gasteiger charge is -2.10. The number of pyridine rings is 1. The van der Waals surface area contributed by atoms with Crippen LogP contribution in [-0.4, -0.2) is 31.2 Å². The van der Waals surface area contributed by atoms with Crippen LogP contribution in [0, 0.1) is 0 Å². The van der Waals surface area contributed by atoms with Gasteiger partial charge in [-0.15, -0.1) is 0 Å². The first-order chi connectivity index (χ1) is 11.7. The van der Waals surface area contributed by atoms with E-state index in [-0.39, 0.29) is 12.5 Å². The standard InChI is InChI=1S/C18H23N3O3/c1-4-11-20-21-15(2)18-9-8-17(14-19-18)24-13-6-5-7-16(23-3)10-12-22/h4-9,11-12,14-15,21H,1,10,13H2,2-3H3/b6-5+,16-7+,20-11-. The van der Waals surface area contributed by atoms with E-state index in [9.17, 15) is 4.79 Å². The summed E-state index contributed by atoms with van der Waals surface area (Å²) in [6, 6.07) is 3.73. The molecule has 0 aliphatic carbocycles. The molecule has 1 unspecified atom stereocenters. The van der Waals surface area contributed by atoms with Crippen LogP contribution in [0.15, 0.2) is 60.1 Å². The lowest BCUT2D eigenvalue weighted by Crippen LogP contribution is -2.13. The van der Waals surface area contributed by atoms with Gasteiger partial charge in [0.15, 0.2) is 0 Å². The first-order valence-electron chi connectivity index (χ1n) is 7.53. The van der Waals surface area contributed by atoms with E-state index >= 15 is 0 Å². The number of aromatic nitrogens is 1.